The molecule has 1 aromatic rings. The van der Waals surface area contributed by atoms with Crippen molar-refractivity contribution in [2.24, 2.45) is 0 Å². The van der Waals surface area contributed by atoms with Gasteiger partial charge in [0.2, 0.25) is 15.9 Å². The lowest BCUT2D eigenvalue weighted by molar-refractivity contribution is -0.120. The van der Waals surface area contributed by atoms with E-state index < -0.39 is 10.0 Å². The molecule has 0 bridgehead atoms. The van der Waals surface area contributed by atoms with Crippen LogP contribution < -0.4 is 5.32 Å². The van der Waals surface area contributed by atoms with Gasteiger partial charge in [-0.2, -0.15) is 4.31 Å². The summed E-state index contributed by atoms with van der Waals surface area (Å²) in [6, 6.07) is 6.93. The molecule has 23 heavy (non-hydrogen) atoms. The number of nitrogens with one attached hydrogen (secondary N) is 1. The first kappa shape index (κ1) is 16.5. The number of amides is 1. The molecule has 0 radical (unpaired) electrons. The number of carbonyl (C=O) groups excluding carboxylic acids is 1. The first-order valence-corrected chi connectivity index (χ1v) is 9.73. The number of sulfonamides is 1. The van der Waals surface area contributed by atoms with Gasteiger partial charge in [0.05, 0.1) is 10.4 Å². The van der Waals surface area contributed by atoms with E-state index in [4.69, 9.17) is 0 Å². The van der Waals surface area contributed by atoms with Gasteiger partial charge < -0.3 is 5.32 Å². The summed E-state index contributed by atoms with van der Waals surface area (Å²) in [5, 5.41) is 3.09. The van der Waals surface area contributed by atoms with Crippen molar-refractivity contribution in [2.75, 3.05) is 6.54 Å². The Hall–Kier alpha value is -1.40. The summed E-state index contributed by atoms with van der Waals surface area (Å²) in [4.78, 5) is 12.2. The van der Waals surface area contributed by atoms with Crippen molar-refractivity contribution in [3.05, 3.63) is 29.8 Å². The van der Waals surface area contributed by atoms with Crippen molar-refractivity contribution < 1.29 is 13.2 Å². The van der Waals surface area contributed by atoms with E-state index in [1.165, 1.54) is 0 Å². The molecule has 1 N–H and O–H groups in total. The summed E-state index contributed by atoms with van der Waals surface area (Å²) in [6.45, 7) is 4.35. The van der Waals surface area contributed by atoms with Crippen LogP contribution in [0, 0.1) is 6.92 Å². The highest BCUT2D eigenvalue weighted by Gasteiger charge is 2.51. The minimum Gasteiger partial charge on any atom is -0.349 e. The monoisotopic (exact) mass is 336 g/mol. The van der Waals surface area contributed by atoms with Gasteiger partial charge in [-0.25, -0.2) is 8.42 Å². The maximum atomic E-state index is 13.2. The van der Waals surface area contributed by atoms with E-state index in [-0.39, 0.29) is 17.5 Å². The predicted molar refractivity (Wildman–Crippen MR) is 88.5 cm³/mol. The highest BCUT2D eigenvalue weighted by molar-refractivity contribution is 7.89. The van der Waals surface area contributed by atoms with Crippen LogP contribution in [0.4, 0.5) is 0 Å². The lowest BCUT2D eigenvalue weighted by Crippen LogP contribution is -2.63. The minimum atomic E-state index is -3.55. The fourth-order valence-corrected chi connectivity index (χ4v) is 6.21. The molecule has 6 heteroatoms. The van der Waals surface area contributed by atoms with Crippen LogP contribution in [0.1, 0.15) is 44.6 Å². The van der Waals surface area contributed by atoms with Crippen molar-refractivity contribution in [2.45, 2.75) is 62.4 Å². The normalized spacial score (nSPS) is 29.0. The van der Waals surface area contributed by atoms with E-state index in [9.17, 15) is 13.2 Å². The van der Waals surface area contributed by atoms with E-state index in [1.54, 1.807) is 16.4 Å². The predicted octanol–water partition coefficient (Wildman–Crippen LogP) is 2.21. The molecule has 2 fully saturated rings. The first-order chi connectivity index (χ1) is 10.9. The zero-order valence-electron chi connectivity index (χ0n) is 13.7. The average molecular weight is 336 g/mol. The number of hydrogen-bond donors (Lipinski definition) is 1. The second kappa shape index (κ2) is 5.91. The zero-order valence-corrected chi connectivity index (χ0v) is 14.5. The molecule has 2 aliphatic heterocycles. The van der Waals surface area contributed by atoms with E-state index in [2.05, 4.69) is 5.32 Å². The molecular weight excluding hydrogens is 312 g/mol. The Labute approximate surface area is 138 Å². The number of carbonyl (C=O) groups is 1. The van der Waals surface area contributed by atoms with Gasteiger partial charge >= 0.3 is 0 Å². The third-order valence-electron chi connectivity index (χ3n) is 5.24. The van der Waals surface area contributed by atoms with Crippen molar-refractivity contribution in [3.63, 3.8) is 0 Å². The average Bonchev–Trinajstić information content (AvgIpc) is 2.88. The molecule has 5 nitrogen and oxygen atoms in total. The number of benzene rings is 1. The van der Waals surface area contributed by atoms with Crippen molar-refractivity contribution in [1.82, 2.24) is 9.62 Å². The van der Waals surface area contributed by atoms with Crippen LogP contribution in [0.25, 0.3) is 0 Å². The maximum Gasteiger partial charge on any atom is 0.243 e. The third-order valence-corrected chi connectivity index (χ3v) is 7.31. The summed E-state index contributed by atoms with van der Waals surface area (Å²) in [7, 11) is -3.55. The van der Waals surface area contributed by atoms with Crippen LogP contribution in [-0.4, -0.2) is 36.8 Å². The number of nitrogens with zero attached hydrogens (tertiary/aromatic N) is 1. The largest absolute Gasteiger partial charge is 0.349 e. The van der Waals surface area contributed by atoms with Crippen molar-refractivity contribution in [1.29, 1.82) is 0 Å². The molecule has 1 amide bonds. The SMILES string of the molecule is CC[C@H]1N(S(=O)(=O)c2ccccc2C)CCC[C@@]12CCC(=O)N2. The lowest BCUT2D eigenvalue weighted by Gasteiger charge is -2.47. The van der Waals surface area contributed by atoms with Crippen LogP contribution >= 0.6 is 0 Å². The molecule has 0 aliphatic carbocycles. The molecule has 1 spiro atoms. The van der Waals surface area contributed by atoms with E-state index in [0.717, 1.165) is 24.8 Å². The second-order valence-corrected chi connectivity index (χ2v) is 8.47. The zero-order chi connectivity index (χ0) is 16.7. The van der Waals surface area contributed by atoms with Gasteiger partial charge in [0.1, 0.15) is 0 Å². The summed E-state index contributed by atoms with van der Waals surface area (Å²) in [5.74, 6) is 0.0404. The number of aryl methyl sites for hydroxylation is 1. The Morgan fingerprint density at radius 2 is 2.04 bits per heavy atom. The standard InChI is InChI=1S/C17H24N2O3S/c1-3-15-17(11-9-16(20)18-17)10-6-12-19(15)23(21,22)14-8-5-4-7-13(14)2/h4-5,7-8,15H,3,6,9-12H2,1-2H3,(H,18,20)/t15-,17-/m1/s1. The molecule has 2 aliphatic rings. The summed E-state index contributed by atoms with van der Waals surface area (Å²) < 4.78 is 28.1. The van der Waals surface area contributed by atoms with Crippen LogP contribution in [0.2, 0.25) is 0 Å². The maximum absolute atomic E-state index is 13.2. The lowest BCUT2D eigenvalue weighted by atomic mass is 9.80. The van der Waals surface area contributed by atoms with Crippen molar-refractivity contribution in [3.8, 4) is 0 Å². The highest BCUT2D eigenvalue weighted by atomic mass is 32.2. The number of hydrogen-bond acceptors (Lipinski definition) is 3. The van der Waals surface area contributed by atoms with Crippen LogP contribution in [0.15, 0.2) is 29.2 Å². The van der Waals surface area contributed by atoms with Gasteiger partial charge in [-0.15, -0.1) is 0 Å². The molecule has 3 rings (SSSR count). The van der Waals surface area contributed by atoms with Gasteiger partial charge in [0.25, 0.3) is 0 Å². The van der Waals surface area contributed by atoms with E-state index >= 15 is 0 Å². The van der Waals surface area contributed by atoms with Crippen molar-refractivity contribution >= 4 is 15.9 Å². The van der Waals surface area contributed by atoms with Gasteiger partial charge in [-0.05, 0) is 44.2 Å². The summed E-state index contributed by atoms with van der Waals surface area (Å²) in [5.41, 5.74) is 0.372. The number of piperidine rings is 1. The molecule has 1 aromatic carbocycles. The molecule has 2 saturated heterocycles. The topological polar surface area (TPSA) is 66.5 Å². The molecule has 0 aromatic heterocycles. The Bertz CT molecular complexity index is 716. The molecule has 2 atom stereocenters. The smallest absolute Gasteiger partial charge is 0.243 e. The Morgan fingerprint density at radius 3 is 2.65 bits per heavy atom. The minimum absolute atomic E-state index is 0.0404. The van der Waals surface area contributed by atoms with Gasteiger partial charge in [0.15, 0.2) is 0 Å². The fourth-order valence-electron chi connectivity index (χ4n) is 4.18. The van der Waals surface area contributed by atoms with E-state index in [0.29, 0.717) is 24.3 Å². The van der Waals surface area contributed by atoms with Crippen LogP contribution in [0.3, 0.4) is 0 Å². The van der Waals surface area contributed by atoms with Gasteiger partial charge in [-0.1, -0.05) is 25.1 Å². The fraction of sp³-hybridized carbons (Fsp3) is 0.588. The Kier molecular flexibility index (Phi) is 4.23. The molecular formula is C17H24N2O3S. The molecule has 126 valence electrons. The van der Waals surface area contributed by atoms with Crippen LogP contribution in [-0.2, 0) is 14.8 Å². The molecule has 2 heterocycles. The highest BCUT2D eigenvalue weighted by Crippen LogP contribution is 2.39. The van der Waals surface area contributed by atoms with E-state index in [1.807, 2.05) is 26.0 Å². The third kappa shape index (κ3) is 2.68. The van der Waals surface area contributed by atoms with Crippen LogP contribution in [0.5, 0.6) is 0 Å². The van der Waals surface area contributed by atoms with Gasteiger partial charge in [0, 0.05) is 19.0 Å². The Morgan fingerprint density at radius 1 is 1.30 bits per heavy atom. The summed E-state index contributed by atoms with van der Waals surface area (Å²) in [6.07, 6.45) is 3.56. The molecule has 0 unspecified atom stereocenters. The number of rotatable bonds is 3. The molecule has 0 saturated carbocycles. The Balaban J connectivity index is 2.01. The first-order valence-electron chi connectivity index (χ1n) is 8.29. The quantitative estimate of drug-likeness (QED) is 0.920. The van der Waals surface area contributed by atoms with Gasteiger partial charge in [-0.3, -0.25) is 4.79 Å². The second-order valence-electron chi connectivity index (χ2n) is 6.61. The summed E-state index contributed by atoms with van der Waals surface area (Å²) >= 11 is 0.